The molecule has 0 aromatic heterocycles. The number of rotatable bonds is 2. The van der Waals surface area contributed by atoms with E-state index in [9.17, 15) is 4.79 Å². The maximum absolute atomic E-state index is 11.1. The van der Waals surface area contributed by atoms with Crippen molar-refractivity contribution >= 4 is 6.09 Å². The van der Waals surface area contributed by atoms with Crippen LogP contribution in [0, 0.1) is 0 Å². The van der Waals surface area contributed by atoms with Crippen molar-refractivity contribution in [2.45, 2.75) is 12.0 Å². The predicted octanol–water partition coefficient (Wildman–Crippen LogP) is -0.198. The van der Waals surface area contributed by atoms with Crippen molar-refractivity contribution in [2.75, 3.05) is 33.9 Å². The highest BCUT2D eigenvalue weighted by Crippen LogP contribution is 2.23. The molecule has 0 bridgehead atoms. The van der Waals surface area contributed by atoms with Crippen LogP contribution in [0.5, 0.6) is 0 Å². The third kappa shape index (κ3) is 1.92. The molecule has 0 aromatic carbocycles. The van der Waals surface area contributed by atoms with Crippen molar-refractivity contribution < 1.29 is 14.3 Å². The molecule has 0 saturated carbocycles. The molecule has 1 rings (SSSR count). The van der Waals surface area contributed by atoms with Crippen LogP contribution in [0.1, 0.15) is 6.42 Å². The number of methoxy groups -OCH3 is 2. The lowest BCUT2D eigenvalue weighted by Crippen LogP contribution is -2.43. The van der Waals surface area contributed by atoms with Crippen LogP contribution in [0.3, 0.4) is 0 Å². The molecule has 0 aliphatic carbocycles. The lowest BCUT2D eigenvalue weighted by molar-refractivity contribution is 0.00638. The summed E-state index contributed by atoms with van der Waals surface area (Å²) in [5, 5.41) is 0. The minimum Gasteiger partial charge on any atom is -0.453 e. The summed E-state index contributed by atoms with van der Waals surface area (Å²) in [5.41, 5.74) is 5.21. The van der Waals surface area contributed by atoms with E-state index in [1.165, 1.54) is 7.11 Å². The van der Waals surface area contributed by atoms with Crippen LogP contribution in [0.15, 0.2) is 0 Å². The van der Waals surface area contributed by atoms with Gasteiger partial charge in [0.2, 0.25) is 0 Å². The SMILES string of the molecule is COC(=O)N1CCC(CN)(OC)C1. The van der Waals surface area contributed by atoms with Gasteiger partial charge in [0.25, 0.3) is 0 Å². The van der Waals surface area contributed by atoms with Gasteiger partial charge in [-0.3, -0.25) is 0 Å². The van der Waals surface area contributed by atoms with Gasteiger partial charge in [-0.05, 0) is 6.42 Å². The van der Waals surface area contributed by atoms with E-state index >= 15 is 0 Å². The van der Waals surface area contributed by atoms with E-state index in [2.05, 4.69) is 4.74 Å². The number of hydrogen-bond donors (Lipinski definition) is 1. The zero-order valence-corrected chi connectivity index (χ0v) is 8.08. The number of hydrogen-bond acceptors (Lipinski definition) is 4. The monoisotopic (exact) mass is 188 g/mol. The number of carbonyl (C=O) groups excluding carboxylic acids is 1. The first kappa shape index (κ1) is 10.3. The third-order valence-corrected chi connectivity index (χ3v) is 2.55. The van der Waals surface area contributed by atoms with Crippen LogP contribution in [0.4, 0.5) is 4.79 Å². The lowest BCUT2D eigenvalue weighted by Gasteiger charge is -2.25. The predicted molar refractivity (Wildman–Crippen MR) is 47.4 cm³/mol. The number of carbonyl (C=O) groups is 1. The molecule has 1 atom stereocenters. The van der Waals surface area contributed by atoms with E-state index in [0.29, 0.717) is 19.6 Å². The fraction of sp³-hybridized carbons (Fsp3) is 0.875. The van der Waals surface area contributed by atoms with Crippen LogP contribution in [0.2, 0.25) is 0 Å². The van der Waals surface area contributed by atoms with Crippen molar-refractivity contribution in [3.8, 4) is 0 Å². The molecule has 1 unspecified atom stereocenters. The van der Waals surface area contributed by atoms with Crippen molar-refractivity contribution in [2.24, 2.45) is 5.73 Å². The van der Waals surface area contributed by atoms with Gasteiger partial charge in [-0.1, -0.05) is 0 Å². The minimum absolute atomic E-state index is 0.313. The average molecular weight is 188 g/mol. The number of ether oxygens (including phenoxy) is 2. The Balaban J connectivity index is 2.56. The Morgan fingerprint density at radius 2 is 2.31 bits per heavy atom. The molecule has 5 nitrogen and oxygen atoms in total. The second-order valence-corrected chi connectivity index (χ2v) is 3.23. The Kier molecular flexibility index (Phi) is 3.11. The maximum atomic E-state index is 11.1. The molecule has 1 fully saturated rings. The number of nitrogens with two attached hydrogens (primary N) is 1. The maximum Gasteiger partial charge on any atom is 0.409 e. The summed E-state index contributed by atoms with van der Waals surface area (Å²) in [7, 11) is 2.99. The number of likely N-dealkylation sites (tertiary alicyclic amines) is 1. The first-order valence-corrected chi connectivity index (χ1v) is 4.25. The Hall–Kier alpha value is -0.810. The van der Waals surface area contributed by atoms with Crippen LogP contribution < -0.4 is 5.73 Å². The van der Waals surface area contributed by atoms with Gasteiger partial charge in [-0.25, -0.2) is 4.79 Å². The van der Waals surface area contributed by atoms with E-state index in [1.807, 2.05) is 0 Å². The second-order valence-electron chi connectivity index (χ2n) is 3.23. The normalized spacial score (nSPS) is 27.8. The molecule has 13 heavy (non-hydrogen) atoms. The van der Waals surface area contributed by atoms with Crippen LogP contribution in [-0.2, 0) is 9.47 Å². The topological polar surface area (TPSA) is 64.8 Å². The quantitative estimate of drug-likeness (QED) is 0.652. The molecule has 0 radical (unpaired) electrons. The van der Waals surface area contributed by atoms with Gasteiger partial charge < -0.3 is 20.1 Å². The van der Waals surface area contributed by atoms with E-state index in [1.54, 1.807) is 12.0 Å². The van der Waals surface area contributed by atoms with E-state index in [0.717, 1.165) is 6.42 Å². The highest BCUT2D eigenvalue weighted by Gasteiger charge is 2.39. The molecule has 2 N–H and O–H groups in total. The van der Waals surface area contributed by atoms with E-state index in [-0.39, 0.29) is 11.7 Å². The van der Waals surface area contributed by atoms with E-state index in [4.69, 9.17) is 10.5 Å². The molecule has 1 aliphatic rings. The lowest BCUT2D eigenvalue weighted by atomic mass is 10.0. The molecule has 76 valence electrons. The number of nitrogens with zero attached hydrogens (tertiary/aromatic N) is 1. The standard InChI is InChI=1S/C8H16N2O3/c1-12-7(11)10-4-3-8(5-9,6-10)13-2/h3-6,9H2,1-2H3. The molecule has 1 saturated heterocycles. The summed E-state index contributed by atoms with van der Waals surface area (Å²) in [6.07, 6.45) is 0.460. The highest BCUT2D eigenvalue weighted by molar-refractivity contribution is 5.68. The summed E-state index contributed by atoms with van der Waals surface area (Å²) in [6, 6.07) is 0. The first-order valence-electron chi connectivity index (χ1n) is 4.25. The van der Waals surface area contributed by atoms with Gasteiger partial charge in [0, 0.05) is 20.2 Å². The van der Waals surface area contributed by atoms with Crippen molar-refractivity contribution in [1.29, 1.82) is 0 Å². The second kappa shape index (κ2) is 3.93. The summed E-state index contributed by atoms with van der Waals surface area (Å²) >= 11 is 0. The average Bonchev–Trinajstić information content (AvgIpc) is 2.61. The zero-order valence-electron chi connectivity index (χ0n) is 8.08. The van der Waals surface area contributed by atoms with Gasteiger partial charge in [0.15, 0.2) is 0 Å². The Labute approximate surface area is 77.8 Å². The van der Waals surface area contributed by atoms with Crippen LogP contribution >= 0.6 is 0 Å². The van der Waals surface area contributed by atoms with Gasteiger partial charge >= 0.3 is 6.09 Å². The third-order valence-electron chi connectivity index (χ3n) is 2.55. The molecule has 5 heteroatoms. The molecule has 1 amide bonds. The Bertz CT molecular complexity index is 192. The van der Waals surface area contributed by atoms with Crippen molar-refractivity contribution in [3.05, 3.63) is 0 Å². The van der Waals surface area contributed by atoms with Gasteiger partial charge in [0.05, 0.1) is 19.3 Å². The van der Waals surface area contributed by atoms with Crippen LogP contribution in [-0.4, -0.2) is 50.4 Å². The fourth-order valence-electron chi connectivity index (χ4n) is 1.55. The van der Waals surface area contributed by atoms with Gasteiger partial charge in [-0.15, -0.1) is 0 Å². The highest BCUT2D eigenvalue weighted by atomic mass is 16.5. The number of amides is 1. The molecule has 1 aliphatic heterocycles. The Morgan fingerprint density at radius 1 is 1.62 bits per heavy atom. The van der Waals surface area contributed by atoms with Crippen LogP contribution in [0.25, 0.3) is 0 Å². The van der Waals surface area contributed by atoms with Crippen molar-refractivity contribution in [3.63, 3.8) is 0 Å². The molecular formula is C8H16N2O3. The van der Waals surface area contributed by atoms with Gasteiger partial charge in [0.1, 0.15) is 0 Å². The molecule has 0 aromatic rings. The summed E-state index contributed by atoms with van der Waals surface area (Å²) in [6.45, 7) is 1.60. The van der Waals surface area contributed by atoms with Crippen molar-refractivity contribution in [1.82, 2.24) is 4.90 Å². The van der Waals surface area contributed by atoms with E-state index < -0.39 is 0 Å². The molecular weight excluding hydrogens is 172 g/mol. The smallest absolute Gasteiger partial charge is 0.409 e. The summed E-state index contributed by atoms with van der Waals surface area (Å²) < 4.78 is 9.91. The zero-order chi connectivity index (χ0) is 9.90. The largest absolute Gasteiger partial charge is 0.453 e. The first-order chi connectivity index (χ1) is 6.17. The minimum atomic E-state index is -0.367. The summed E-state index contributed by atoms with van der Waals surface area (Å²) in [5.74, 6) is 0. The molecule has 0 spiro atoms. The Morgan fingerprint density at radius 3 is 2.69 bits per heavy atom. The fourth-order valence-corrected chi connectivity index (χ4v) is 1.55. The van der Waals surface area contributed by atoms with Gasteiger partial charge in [-0.2, -0.15) is 0 Å². The molecule has 1 heterocycles. The summed E-state index contributed by atoms with van der Waals surface area (Å²) in [4.78, 5) is 12.7.